The van der Waals surface area contributed by atoms with E-state index in [1.807, 2.05) is 0 Å². The lowest BCUT2D eigenvalue weighted by Crippen LogP contribution is -2.31. The van der Waals surface area contributed by atoms with E-state index >= 15 is 0 Å². The molecule has 0 bridgehead atoms. The highest BCUT2D eigenvalue weighted by molar-refractivity contribution is 5.94. The van der Waals surface area contributed by atoms with Crippen molar-refractivity contribution in [3.8, 4) is 5.75 Å². The van der Waals surface area contributed by atoms with Gasteiger partial charge in [-0.05, 0) is 24.6 Å². The summed E-state index contributed by atoms with van der Waals surface area (Å²) < 4.78 is 40.5. The summed E-state index contributed by atoms with van der Waals surface area (Å²) in [7, 11) is 0. The number of nitrogens with zero attached hydrogens (tertiary/aromatic N) is 1. The van der Waals surface area contributed by atoms with Gasteiger partial charge >= 0.3 is 0 Å². The maximum Gasteiger partial charge on any atom is 0.254 e. The normalized spacial score (nSPS) is 11.3. The van der Waals surface area contributed by atoms with E-state index in [0.717, 1.165) is 17.7 Å². The topological polar surface area (TPSA) is 110 Å². The Labute approximate surface area is 202 Å². The quantitative estimate of drug-likeness (QED) is 0.293. The monoisotopic (exact) mass is 490 g/mol. The zero-order valence-electron chi connectivity index (χ0n) is 18.4. The van der Waals surface area contributed by atoms with Crippen LogP contribution in [-0.4, -0.2) is 23.3 Å². The Balaban J connectivity index is 0.00000408. The third kappa shape index (κ3) is 6.97. The van der Waals surface area contributed by atoms with Gasteiger partial charge in [0.25, 0.3) is 5.91 Å². The van der Waals surface area contributed by atoms with Gasteiger partial charge in [0.2, 0.25) is 0 Å². The number of nitrogen functional groups attached to an aromatic ring is 1. The van der Waals surface area contributed by atoms with Gasteiger partial charge in [0.05, 0.1) is 11.3 Å². The van der Waals surface area contributed by atoms with Crippen LogP contribution in [0.15, 0.2) is 60.8 Å². The smallest absolute Gasteiger partial charge is 0.254 e. The minimum atomic E-state index is -1.48. The van der Waals surface area contributed by atoms with Crippen LogP contribution in [0.2, 0.25) is 0 Å². The van der Waals surface area contributed by atoms with Gasteiger partial charge in [0.15, 0.2) is 6.10 Å². The van der Waals surface area contributed by atoms with E-state index in [0.29, 0.717) is 11.3 Å². The largest absolute Gasteiger partial charge is 0.487 e. The Morgan fingerprint density at radius 3 is 2.38 bits per heavy atom. The molecule has 0 radical (unpaired) electrons. The van der Waals surface area contributed by atoms with Crippen LogP contribution in [0.4, 0.5) is 8.78 Å². The predicted molar refractivity (Wildman–Crippen MR) is 126 cm³/mol. The van der Waals surface area contributed by atoms with Crippen LogP contribution < -0.4 is 15.8 Å². The minimum Gasteiger partial charge on any atom is -0.487 e. The first-order valence-electron chi connectivity index (χ1n) is 10.2. The maximum absolute atomic E-state index is 14.8. The highest BCUT2D eigenvalue weighted by Crippen LogP contribution is 2.29. The number of carbonyl (C=O) groups is 1. The van der Waals surface area contributed by atoms with E-state index in [4.69, 9.17) is 20.6 Å². The van der Waals surface area contributed by atoms with Crippen molar-refractivity contribution in [2.24, 2.45) is 5.73 Å². The van der Waals surface area contributed by atoms with E-state index in [1.54, 1.807) is 55.6 Å². The summed E-state index contributed by atoms with van der Waals surface area (Å²) in [6.45, 7) is 1.84. The Bertz CT molecular complexity index is 1090. The van der Waals surface area contributed by atoms with Crippen LogP contribution in [0.25, 0.3) is 0 Å². The van der Waals surface area contributed by atoms with Crippen molar-refractivity contribution >= 4 is 24.1 Å². The second-order valence-electron chi connectivity index (χ2n) is 7.07. The predicted octanol–water partition coefficient (Wildman–Crippen LogP) is 4.04. The van der Waals surface area contributed by atoms with E-state index in [9.17, 15) is 13.6 Å². The fourth-order valence-electron chi connectivity index (χ4n) is 3.08. The molecule has 0 aliphatic heterocycles. The van der Waals surface area contributed by atoms with Gasteiger partial charge in [-0.15, -0.1) is 12.4 Å². The van der Waals surface area contributed by atoms with Crippen molar-refractivity contribution in [3.63, 3.8) is 0 Å². The molecule has 0 spiro atoms. The number of carbonyl (C=O) groups excluding carboxylic acids is 1. The lowest BCUT2D eigenvalue weighted by molar-refractivity contribution is -0.133. The van der Waals surface area contributed by atoms with Crippen molar-refractivity contribution in [2.45, 2.75) is 26.2 Å². The molecule has 0 fully saturated rings. The highest BCUT2D eigenvalue weighted by atomic mass is 35.5. The van der Waals surface area contributed by atoms with Gasteiger partial charge in [-0.25, -0.2) is 8.78 Å². The summed E-state index contributed by atoms with van der Waals surface area (Å²) in [6.07, 6.45) is 0.114. The number of halogens is 3. The first-order chi connectivity index (χ1) is 15.9. The SMILES string of the molecule is CCO[C@H](C(=O)NCc1ccc(C(=N)N)cc1)c1c(F)cc(OCc2ccccn2)cc1F.Cl. The number of amidine groups is 1. The van der Waals surface area contributed by atoms with Crippen LogP contribution >= 0.6 is 12.4 Å². The molecular weight excluding hydrogens is 466 g/mol. The van der Waals surface area contributed by atoms with Gasteiger partial charge in [0, 0.05) is 37.0 Å². The molecule has 0 aliphatic rings. The van der Waals surface area contributed by atoms with Crippen molar-refractivity contribution in [1.29, 1.82) is 5.41 Å². The van der Waals surface area contributed by atoms with Gasteiger partial charge in [-0.2, -0.15) is 0 Å². The van der Waals surface area contributed by atoms with Gasteiger partial charge in [0.1, 0.15) is 29.8 Å². The molecule has 1 atom stereocenters. The fraction of sp³-hybridized carbons (Fsp3) is 0.208. The Kier molecular flexibility index (Phi) is 9.91. The van der Waals surface area contributed by atoms with Gasteiger partial charge in [-0.1, -0.05) is 30.3 Å². The number of pyridine rings is 1. The molecule has 4 N–H and O–H groups in total. The first kappa shape index (κ1) is 26.7. The van der Waals surface area contributed by atoms with E-state index < -0.39 is 29.2 Å². The summed E-state index contributed by atoms with van der Waals surface area (Å²) >= 11 is 0. The van der Waals surface area contributed by atoms with Crippen molar-refractivity contribution in [1.82, 2.24) is 10.3 Å². The van der Waals surface area contributed by atoms with Gasteiger partial charge in [-0.3, -0.25) is 15.2 Å². The molecule has 10 heteroatoms. The Morgan fingerprint density at radius 2 is 1.82 bits per heavy atom. The van der Waals surface area contributed by atoms with Crippen LogP contribution in [0.5, 0.6) is 5.75 Å². The summed E-state index contributed by atoms with van der Waals surface area (Å²) in [5, 5.41) is 10.0. The van der Waals surface area contributed by atoms with Crippen LogP contribution in [0.3, 0.4) is 0 Å². The molecule has 7 nitrogen and oxygen atoms in total. The standard InChI is InChI=1S/C24H24F2N4O3.ClH/c1-2-32-22(24(31)30-13-15-6-8-16(9-7-15)23(27)28)21-19(25)11-18(12-20(21)26)33-14-17-5-3-4-10-29-17;/h3-12,22H,2,13-14H2,1H3,(H3,27,28)(H,30,31);1H/t22-;/m0./s1. The van der Waals surface area contributed by atoms with Crippen molar-refractivity contribution in [3.05, 3.63) is 94.8 Å². The lowest BCUT2D eigenvalue weighted by Gasteiger charge is -2.19. The second kappa shape index (κ2) is 12.6. The number of benzene rings is 2. The summed E-state index contributed by atoms with van der Waals surface area (Å²) in [6, 6.07) is 14.0. The first-order valence-corrected chi connectivity index (χ1v) is 10.2. The molecule has 0 aliphatic carbocycles. The highest BCUT2D eigenvalue weighted by Gasteiger charge is 2.28. The fourth-order valence-corrected chi connectivity index (χ4v) is 3.08. The number of hydrogen-bond donors (Lipinski definition) is 3. The van der Waals surface area contributed by atoms with Crippen LogP contribution in [-0.2, 0) is 22.7 Å². The molecule has 34 heavy (non-hydrogen) atoms. The number of amides is 1. The number of rotatable bonds is 10. The molecule has 3 aromatic rings. The molecule has 3 rings (SSSR count). The van der Waals surface area contributed by atoms with Crippen molar-refractivity contribution in [2.75, 3.05) is 6.61 Å². The lowest BCUT2D eigenvalue weighted by atomic mass is 10.1. The van der Waals surface area contributed by atoms with Gasteiger partial charge < -0.3 is 20.5 Å². The number of nitrogens with one attached hydrogen (secondary N) is 2. The molecule has 1 amide bonds. The Hall–Kier alpha value is -3.56. The Morgan fingerprint density at radius 1 is 1.15 bits per heavy atom. The van der Waals surface area contributed by atoms with Crippen molar-refractivity contribution < 1.29 is 23.0 Å². The minimum absolute atomic E-state index is 0. The summed E-state index contributed by atoms with van der Waals surface area (Å²) in [4.78, 5) is 16.8. The number of aromatic nitrogens is 1. The summed E-state index contributed by atoms with van der Waals surface area (Å²) in [5.74, 6) is -2.69. The molecule has 0 saturated carbocycles. The zero-order chi connectivity index (χ0) is 23.8. The molecular formula is C24H25ClF2N4O3. The number of ether oxygens (including phenoxy) is 2. The van der Waals surface area contributed by atoms with Crippen LogP contribution in [0, 0.1) is 17.0 Å². The number of hydrogen-bond acceptors (Lipinski definition) is 5. The average Bonchev–Trinajstić information content (AvgIpc) is 2.81. The second-order valence-corrected chi connectivity index (χ2v) is 7.07. The van der Waals surface area contributed by atoms with E-state index in [2.05, 4.69) is 10.3 Å². The molecule has 1 aromatic heterocycles. The maximum atomic E-state index is 14.8. The number of nitrogens with two attached hydrogens (primary N) is 1. The molecule has 180 valence electrons. The third-order valence-corrected chi connectivity index (χ3v) is 4.73. The molecule has 0 saturated heterocycles. The van der Waals surface area contributed by atoms with Crippen LogP contribution in [0.1, 0.15) is 35.4 Å². The molecule has 0 unspecified atom stereocenters. The molecule has 1 heterocycles. The van der Waals surface area contributed by atoms with E-state index in [1.165, 1.54) is 0 Å². The average molecular weight is 491 g/mol. The van der Waals surface area contributed by atoms with E-state index in [-0.39, 0.29) is 43.8 Å². The summed E-state index contributed by atoms with van der Waals surface area (Å²) in [5.41, 5.74) is 6.81. The zero-order valence-corrected chi connectivity index (χ0v) is 19.2. The molecule has 2 aromatic carbocycles. The third-order valence-electron chi connectivity index (χ3n) is 4.73.